The van der Waals surface area contributed by atoms with Crippen LogP contribution in [0.4, 0.5) is 0 Å². The maximum Gasteiger partial charge on any atom is 0.277 e. The van der Waals surface area contributed by atoms with Crippen molar-refractivity contribution < 1.29 is 4.43 Å². The van der Waals surface area contributed by atoms with Crippen LogP contribution < -0.4 is 4.65 Å². The Hall–Kier alpha value is 0.274. The molecule has 13 heavy (non-hydrogen) atoms. The first-order valence-corrected chi connectivity index (χ1v) is 9.09. The summed E-state index contributed by atoms with van der Waals surface area (Å²) < 4.78 is 13.6. The molecule has 1 unspecified atom stereocenters. The summed E-state index contributed by atoms with van der Waals surface area (Å²) in [6.45, 7) is 4.45. The molecule has 4 nitrogen and oxygen atoms in total. The molecule has 1 N–H and O–H groups in total. The maximum absolute atomic E-state index is 5.36. The molecule has 80 valence electrons. The van der Waals surface area contributed by atoms with Gasteiger partial charge >= 0.3 is 0 Å². The van der Waals surface area contributed by atoms with Gasteiger partial charge in [-0.1, -0.05) is 0 Å². The van der Waals surface area contributed by atoms with Crippen molar-refractivity contribution in [1.29, 1.82) is 0 Å². The Bertz CT molecular complexity index is 147. The second-order valence-corrected chi connectivity index (χ2v) is 10.6. The minimum absolute atomic E-state index is 1.19. The Balaban J connectivity index is 4.42. The fourth-order valence-electron chi connectivity index (χ4n) is 1.10. The van der Waals surface area contributed by atoms with Crippen LogP contribution >= 0.6 is 0 Å². The topological polar surface area (TPSA) is 27.7 Å². The Morgan fingerprint density at radius 3 is 1.77 bits per heavy atom. The molecule has 0 aromatic rings. The standard InChI is InChI=1S/C7H23N3OSi2/c1-9(2)13(7,10(3)4)8-12(6)11-5/h8,12H,1-7H3. The van der Waals surface area contributed by atoms with Crippen LogP contribution in [-0.4, -0.2) is 62.2 Å². The molecule has 0 aliphatic carbocycles. The third-order valence-electron chi connectivity index (χ3n) is 2.57. The number of rotatable bonds is 5. The van der Waals surface area contributed by atoms with Gasteiger partial charge in [-0.3, -0.25) is 0 Å². The predicted molar refractivity (Wildman–Crippen MR) is 62.1 cm³/mol. The van der Waals surface area contributed by atoms with E-state index >= 15 is 0 Å². The molecule has 0 saturated heterocycles. The van der Waals surface area contributed by atoms with Gasteiger partial charge in [-0.25, -0.2) is 0 Å². The van der Waals surface area contributed by atoms with E-state index in [2.05, 4.69) is 55.1 Å². The average Bonchev–Trinajstić information content (AvgIpc) is 2.03. The fraction of sp³-hybridized carbons (Fsp3) is 1.00. The molecule has 1 atom stereocenters. The van der Waals surface area contributed by atoms with Gasteiger partial charge in [0.25, 0.3) is 8.56 Å². The van der Waals surface area contributed by atoms with Gasteiger partial charge in [0.15, 0.2) is 0 Å². The lowest BCUT2D eigenvalue weighted by atomic mass is 11.3. The Labute approximate surface area is 84.9 Å². The van der Waals surface area contributed by atoms with Crippen molar-refractivity contribution in [1.82, 2.24) is 13.8 Å². The highest BCUT2D eigenvalue weighted by Gasteiger charge is 2.35. The third kappa shape index (κ3) is 3.49. The van der Waals surface area contributed by atoms with Crippen molar-refractivity contribution in [2.24, 2.45) is 0 Å². The molecule has 0 aromatic heterocycles. The number of nitrogens with one attached hydrogen (secondary N) is 1. The van der Waals surface area contributed by atoms with Gasteiger partial charge in [-0.15, -0.1) is 0 Å². The highest BCUT2D eigenvalue weighted by atomic mass is 28.4. The summed E-state index contributed by atoms with van der Waals surface area (Å²) in [6, 6.07) is 0. The molecular weight excluding hydrogens is 198 g/mol. The van der Waals surface area contributed by atoms with Gasteiger partial charge in [0.05, 0.1) is 0 Å². The zero-order chi connectivity index (χ0) is 10.6. The molecule has 0 aliphatic heterocycles. The highest BCUT2D eigenvalue weighted by molar-refractivity contribution is 6.79. The van der Waals surface area contributed by atoms with Gasteiger partial charge in [-0.05, 0) is 41.3 Å². The quantitative estimate of drug-likeness (QED) is 0.649. The Morgan fingerprint density at radius 2 is 1.54 bits per heavy atom. The molecule has 0 aliphatic rings. The molecule has 0 amide bonds. The van der Waals surface area contributed by atoms with Gasteiger partial charge in [0.2, 0.25) is 9.20 Å². The lowest BCUT2D eigenvalue weighted by Crippen LogP contribution is -2.71. The van der Waals surface area contributed by atoms with Crippen molar-refractivity contribution in [3.8, 4) is 0 Å². The molecular formula is C7H23N3OSi2. The SMILES string of the molecule is CO[SiH](C)N[Si](C)(N(C)C)N(C)C. The van der Waals surface area contributed by atoms with E-state index in [1.165, 1.54) is 0 Å². The molecule has 0 saturated carbocycles. The molecule has 0 fully saturated rings. The summed E-state index contributed by atoms with van der Waals surface area (Å²) in [5, 5.41) is 0. The molecule has 0 heterocycles. The number of hydrogen-bond donors (Lipinski definition) is 1. The van der Waals surface area contributed by atoms with E-state index in [9.17, 15) is 0 Å². The van der Waals surface area contributed by atoms with Crippen molar-refractivity contribution >= 4 is 17.8 Å². The van der Waals surface area contributed by atoms with Crippen molar-refractivity contribution in [2.45, 2.75) is 13.1 Å². The minimum atomic E-state index is -1.63. The molecule has 0 rings (SSSR count). The summed E-state index contributed by atoms with van der Waals surface area (Å²) in [5.74, 6) is 0. The summed E-state index contributed by atoms with van der Waals surface area (Å²) in [7, 11) is 7.44. The molecule has 0 spiro atoms. The first kappa shape index (κ1) is 13.3. The summed E-state index contributed by atoms with van der Waals surface area (Å²) in [4.78, 5) is 0. The second kappa shape index (κ2) is 5.23. The van der Waals surface area contributed by atoms with Crippen LogP contribution in [0.15, 0.2) is 0 Å². The van der Waals surface area contributed by atoms with Gasteiger partial charge < -0.3 is 18.2 Å². The van der Waals surface area contributed by atoms with E-state index in [4.69, 9.17) is 4.43 Å². The van der Waals surface area contributed by atoms with Crippen LogP contribution in [0.2, 0.25) is 13.1 Å². The minimum Gasteiger partial charge on any atom is -0.410 e. The largest absolute Gasteiger partial charge is 0.410 e. The maximum atomic E-state index is 5.36. The molecule has 0 radical (unpaired) electrons. The predicted octanol–water partition coefficient (Wildman–Crippen LogP) is -0.235. The molecule has 6 heteroatoms. The van der Waals surface area contributed by atoms with Gasteiger partial charge in [0, 0.05) is 7.11 Å². The number of hydrogen-bond acceptors (Lipinski definition) is 4. The average molecular weight is 221 g/mol. The van der Waals surface area contributed by atoms with Crippen LogP contribution in [-0.2, 0) is 4.43 Å². The first-order valence-electron chi connectivity index (χ1n) is 4.50. The van der Waals surface area contributed by atoms with E-state index in [1.807, 2.05) is 0 Å². The second-order valence-electron chi connectivity index (χ2n) is 3.83. The Kier molecular flexibility index (Phi) is 5.34. The van der Waals surface area contributed by atoms with Crippen molar-refractivity contribution in [3.05, 3.63) is 0 Å². The van der Waals surface area contributed by atoms with Crippen molar-refractivity contribution in [2.75, 3.05) is 35.3 Å². The molecule has 0 bridgehead atoms. The summed E-state index contributed by atoms with van der Waals surface area (Å²) >= 11 is 0. The van der Waals surface area contributed by atoms with E-state index in [0.717, 1.165) is 0 Å². The summed E-state index contributed by atoms with van der Waals surface area (Å²) in [6.07, 6.45) is 0. The summed E-state index contributed by atoms with van der Waals surface area (Å²) in [5.41, 5.74) is 0. The number of nitrogens with zero attached hydrogens (tertiary/aromatic N) is 2. The van der Waals surface area contributed by atoms with E-state index in [-0.39, 0.29) is 0 Å². The third-order valence-corrected chi connectivity index (χ3v) is 10.6. The van der Waals surface area contributed by atoms with E-state index in [0.29, 0.717) is 0 Å². The van der Waals surface area contributed by atoms with Gasteiger partial charge in [-0.2, -0.15) is 0 Å². The van der Waals surface area contributed by atoms with Crippen LogP contribution in [0.5, 0.6) is 0 Å². The lowest BCUT2D eigenvalue weighted by molar-refractivity contribution is 0.408. The smallest absolute Gasteiger partial charge is 0.277 e. The monoisotopic (exact) mass is 221 g/mol. The highest BCUT2D eigenvalue weighted by Crippen LogP contribution is 2.05. The van der Waals surface area contributed by atoms with Gasteiger partial charge in [0.1, 0.15) is 0 Å². The molecule has 0 aromatic carbocycles. The zero-order valence-electron chi connectivity index (χ0n) is 9.88. The van der Waals surface area contributed by atoms with Crippen molar-refractivity contribution in [3.63, 3.8) is 0 Å². The Morgan fingerprint density at radius 1 is 1.15 bits per heavy atom. The fourth-order valence-corrected chi connectivity index (χ4v) is 7.52. The van der Waals surface area contributed by atoms with E-state index < -0.39 is 17.8 Å². The lowest BCUT2D eigenvalue weighted by Gasteiger charge is -2.41. The van der Waals surface area contributed by atoms with E-state index in [1.54, 1.807) is 7.11 Å². The van der Waals surface area contributed by atoms with Crippen LogP contribution in [0.25, 0.3) is 0 Å². The first-order chi connectivity index (χ1) is 5.84. The normalized spacial score (nSPS) is 15.5. The zero-order valence-corrected chi connectivity index (χ0v) is 12.0. The van der Waals surface area contributed by atoms with Crippen LogP contribution in [0.1, 0.15) is 0 Å². The van der Waals surface area contributed by atoms with Crippen LogP contribution in [0, 0.1) is 0 Å². The van der Waals surface area contributed by atoms with Crippen LogP contribution in [0.3, 0.4) is 0 Å².